The first kappa shape index (κ1) is 9.92. The van der Waals surface area contributed by atoms with Crippen molar-refractivity contribution in [1.82, 2.24) is 0 Å². The van der Waals surface area contributed by atoms with Gasteiger partial charge in [-0.05, 0) is 13.8 Å². The monoisotopic (exact) mass is 220 g/mol. The highest BCUT2D eigenvalue weighted by Gasteiger charge is 2.65. The average molecular weight is 220 g/mol. The number of aliphatic hydroxyl groups is 1. The molecule has 0 saturated carbocycles. The van der Waals surface area contributed by atoms with Crippen LogP contribution in [0.2, 0.25) is 0 Å². The van der Waals surface area contributed by atoms with E-state index in [1.54, 1.807) is 13.8 Å². The maximum absolute atomic E-state index is 13.9. The van der Waals surface area contributed by atoms with Gasteiger partial charge in [-0.1, -0.05) is 0 Å². The summed E-state index contributed by atoms with van der Waals surface area (Å²) in [5, 5.41) is 9.59. The summed E-state index contributed by atoms with van der Waals surface area (Å²) in [6.07, 6.45) is -3.97. The number of ether oxygens (including phenoxy) is 4. The number of epoxide rings is 1. The predicted molar refractivity (Wildman–Crippen MR) is 44.5 cm³/mol. The van der Waals surface area contributed by atoms with Crippen LogP contribution in [0.3, 0.4) is 0 Å². The highest BCUT2D eigenvalue weighted by atomic mass is 19.1. The fourth-order valence-electron chi connectivity index (χ4n) is 2.06. The minimum absolute atomic E-state index is 0.0981. The van der Waals surface area contributed by atoms with Gasteiger partial charge in [-0.25, -0.2) is 4.39 Å². The molecule has 3 rings (SSSR count). The van der Waals surface area contributed by atoms with Crippen LogP contribution in [-0.2, 0) is 18.9 Å². The molecule has 6 heteroatoms. The molecule has 1 N–H and O–H groups in total. The van der Waals surface area contributed by atoms with Gasteiger partial charge in [0.2, 0.25) is 5.79 Å². The van der Waals surface area contributed by atoms with Gasteiger partial charge in [0.05, 0.1) is 0 Å². The molecule has 86 valence electrons. The van der Waals surface area contributed by atoms with E-state index in [1.807, 2.05) is 0 Å². The van der Waals surface area contributed by atoms with Crippen molar-refractivity contribution in [2.24, 2.45) is 0 Å². The molecule has 0 amide bonds. The van der Waals surface area contributed by atoms with Crippen molar-refractivity contribution in [3.05, 3.63) is 0 Å². The highest BCUT2D eigenvalue weighted by molar-refractivity contribution is 5.03. The normalized spacial score (nSPS) is 56.8. The first-order chi connectivity index (χ1) is 6.91. The second-order valence-electron chi connectivity index (χ2n) is 4.60. The van der Waals surface area contributed by atoms with E-state index < -0.39 is 36.2 Å². The maximum Gasteiger partial charge on any atom is 0.220 e. The third kappa shape index (κ3) is 1.40. The minimum Gasteiger partial charge on any atom is -0.362 e. The zero-order valence-corrected chi connectivity index (χ0v) is 8.47. The number of halogens is 1. The van der Waals surface area contributed by atoms with Crippen molar-refractivity contribution in [3.8, 4) is 0 Å². The van der Waals surface area contributed by atoms with Gasteiger partial charge in [0.1, 0.15) is 12.7 Å². The molecule has 3 fully saturated rings. The van der Waals surface area contributed by atoms with E-state index in [-0.39, 0.29) is 6.61 Å². The second-order valence-corrected chi connectivity index (χ2v) is 4.60. The standard InChI is InChI=1S/C9H13FO5/c1-8(2)14-5-4(10)6(9(11)3-12-9)13-7(5)15-8/h4-7,11H,3H2,1-2H3/t4?,5-,6+,7-,9?/m1/s1. The summed E-state index contributed by atoms with van der Waals surface area (Å²) in [7, 11) is 0. The Kier molecular flexibility index (Phi) is 1.78. The van der Waals surface area contributed by atoms with Gasteiger partial charge in [0, 0.05) is 0 Å². The van der Waals surface area contributed by atoms with E-state index in [9.17, 15) is 9.50 Å². The highest BCUT2D eigenvalue weighted by Crippen LogP contribution is 2.45. The molecule has 0 aromatic rings. The summed E-state index contributed by atoms with van der Waals surface area (Å²) in [6, 6.07) is 0. The van der Waals surface area contributed by atoms with Crippen LogP contribution in [0.15, 0.2) is 0 Å². The zero-order valence-electron chi connectivity index (χ0n) is 8.47. The zero-order chi connectivity index (χ0) is 10.8. The first-order valence-corrected chi connectivity index (χ1v) is 4.93. The van der Waals surface area contributed by atoms with Crippen molar-refractivity contribution in [1.29, 1.82) is 0 Å². The Labute approximate surface area is 86.1 Å². The van der Waals surface area contributed by atoms with Crippen LogP contribution in [0.4, 0.5) is 4.39 Å². The molecule has 3 aliphatic heterocycles. The van der Waals surface area contributed by atoms with E-state index in [4.69, 9.17) is 18.9 Å². The lowest BCUT2D eigenvalue weighted by atomic mass is 10.1. The molecular formula is C9H13FO5. The summed E-state index contributed by atoms with van der Waals surface area (Å²) in [5.74, 6) is -2.32. The van der Waals surface area contributed by atoms with Gasteiger partial charge in [-0.2, -0.15) is 0 Å². The van der Waals surface area contributed by atoms with Crippen LogP contribution in [0, 0.1) is 0 Å². The molecule has 0 aromatic carbocycles. The average Bonchev–Trinajstić information content (AvgIpc) is 2.69. The summed E-state index contributed by atoms with van der Waals surface area (Å²) in [4.78, 5) is 0. The number of hydrogen-bond acceptors (Lipinski definition) is 5. The van der Waals surface area contributed by atoms with E-state index >= 15 is 0 Å². The SMILES string of the molecule is CC1(C)O[C@H]2O[C@H](C3(O)CO3)C(F)[C@H]2O1. The van der Waals surface area contributed by atoms with E-state index in [1.165, 1.54) is 0 Å². The van der Waals surface area contributed by atoms with E-state index in [0.29, 0.717) is 0 Å². The molecule has 0 aliphatic carbocycles. The minimum atomic E-state index is -1.49. The lowest BCUT2D eigenvalue weighted by molar-refractivity contribution is -0.232. The predicted octanol–water partition coefficient (Wildman–Crippen LogP) is -0.0803. The van der Waals surface area contributed by atoms with Crippen molar-refractivity contribution in [2.75, 3.05) is 6.61 Å². The van der Waals surface area contributed by atoms with Crippen LogP contribution in [0.1, 0.15) is 13.8 Å². The Morgan fingerprint density at radius 1 is 1.33 bits per heavy atom. The molecule has 3 aliphatic rings. The molecule has 5 nitrogen and oxygen atoms in total. The topological polar surface area (TPSA) is 60.5 Å². The van der Waals surface area contributed by atoms with Crippen molar-refractivity contribution < 1.29 is 28.4 Å². The van der Waals surface area contributed by atoms with Crippen molar-refractivity contribution >= 4 is 0 Å². The third-order valence-electron chi connectivity index (χ3n) is 2.86. The van der Waals surface area contributed by atoms with Gasteiger partial charge >= 0.3 is 0 Å². The molecule has 3 heterocycles. The lowest BCUT2D eigenvalue weighted by Gasteiger charge is -2.23. The van der Waals surface area contributed by atoms with Gasteiger partial charge in [0.25, 0.3) is 0 Å². The molecule has 3 saturated heterocycles. The van der Waals surface area contributed by atoms with Crippen LogP contribution < -0.4 is 0 Å². The summed E-state index contributed by atoms with van der Waals surface area (Å²) in [6.45, 7) is 3.48. The summed E-state index contributed by atoms with van der Waals surface area (Å²) < 4.78 is 34.6. The Bertz CT molecular complexity index is 290. The van der Waals surface area contributed by atoms with Crippen molar-refractivity contribution in [3.63, 3.8) is 0 Å². The van der Waals surface area contributed by atoms with E-state index in [0.717, 1.165) is 0 Å². The second kappa shape index (κ2) is 2.70. The quantitative estimate of drug-likeness (QED) is 0.626. The molecule has 2 unspecified atom stereocenters. The Hall–Kier alpha value is -0.270. The Morgan fingerprint density at radius 3 is 2.53 bits per heavy atom. The number of alkyl halides is 1. The maximum atomic E-state index is 13.9. The lowest BCUT2D eigenvalue weighted by Crippen LogP contribution is -2.40. The molecule has 5 atom stereocenters. The van der Waals surface area contributed by atoms with Gasteiger partial charge < -0.3 is 24.1 Å². The first-order valence-electron chi connectivity index (χ1n) is 4.93. The fraction of sp³-hybridized carbons (Fsp3) is 1.00. The largest absolute Gasteiger partial charge is 0.362 e. The molecule has 0 aromatic heterocycles. The van der Waals surface area contributed by atoms with Gasteiger partial charge in [0.15, 0.2) is 24.4 Å². The van der Waals surface area contributed by atoms with Gasteiger partial charge in [-0.3, -0.25) is 0 Å². The summed E-state index contributed by atoms with van der Waals surface area (Å²) >= 11 is 0. The van der Waals surface area contributed by atoms with Crippen LogP contribution in [-0.4, -0.2) is 48.0 Å². The van der Waals surface area contributed by atoms with Gasteiger partial charge in [-0.15, -0.1) is 0 Å². The smallest absolute Gasteiger partial charge is 0.220 e. The fourth-order valence-corrected chi connectivity index (χ4v) is 2.06. The van der Waals surface area contributed by atoms with Crippen LogP contribution >= 0.6 is 0 Å². The summed E-state index contributed by atoms with van der Waals surface area (Å²) in [5.41, 5.74) is 0. The van der Waals surface area contributed by atoms with Crippen molar-refractivity contribution in [2.45, 2.75) is 50.1 Å². The molecule has 15 heavy (non-hydrogen) atoms. The third-order valence-corrected chi connectivity index (χ3v) is 2.86. The van der Waals surface area contributed by atoms with E-state index in [2.05, 4.69) is 0 Å². The van der Waals surface area contributed by atoms with Crippen LogP contribution in [0.5, 0.6) is 0 Å². The molecular weight excluding hydrogens is 207 g/mol. The molecule has 0 spiro atoms. The van der Waals surface area contributed by atoms with Crippen LogP contribution in [0.25, 0.3) is 0 Å². The number of fused-ring (bicyclic) bond motifs is 1. The number of rotatable bonds is 1. The molecule has 0 radical (unpaired) electrons. The number of hydrogen-bond donors (Lipinski definition) is 1. The Balaban J connectivity index is 1.77. The molecule has 0 bridgehead atoms. The Morgan fingerprint density at radius 2 is 2.00 bits per heavy atom.